The first kappa shape index (κ1) is 22.0. The number of aromatic nitrogens is 3. The Kier molecular flexibility index (Phi) is 6.04. The van der Waals surface area contributed by atoms with Gasteiger partial charge in [0.1, 0.15) is 0 Å². The number of ketones is 1. The summed E-state index contributed by atoms with van der Waals surface area (Å²) in [5.74, 6) is -1.09. The molecule has 166 valence electrons. The minimum Gasteiger partial charge on any atom is -0.452 e. The second kappa shape index (κ2) is 9.08. The van der Waals surface area contributed by atoms with Gasteiger partial charge in [-0.1, -0.05) is 42.5 Å². The van der Waals surface area contributed by atoms with E-state index >= 15 is 0 Å². The zero-order chi connectivity index (χ0) is 23.5. The number of rotatable bonds is 7. The zero-order valence-corrected chi connectivity index (χ0v) is 18.4. The first-order valence-corrected chi connectivity index (χ1v) is 10.5. The lowest BCUT2D eigenvalue weighted by atomic mass is 10.1. The van der Waals surface area contributed by atoms with E-state index < -0.39 is 12.6 Å². The predicted molar refractivity (Wildman–Crippen MR) is 126 cm³/mol. The molecule has 0 N–H and O–H groups in total. The van der Waals surface area contributed by atoms with Crippen LogP contribution in [0.25, 0.3) is 16.5 Å². The van der Waals surface area contributed by atoms with Gasteiger partial charge in [-0.25, -0.2) is 4.79 Å². The Morgan fingerprint density at radius 1 is 1.03 bits per heavy atom. The summed E-state index contributed by atoms with van der Waals surface area (Å²) in [4.78, 5) is 38.7. The average Bonchev–Trinajstić information content (AvgIpc) is 3.12. The van der Waals surface area contributed by atoms with E-state index in [1.165, 1.54) is 4.68 Å². The minimum atomic E-state index is -0.774. The van der Waals surface area contributed by atoms with Gasteiger partial charge in [-0.15, -0.1) is 6.58 Å². The van der Waals surface area contributed by atoms with Crippen molar-refractivity contribution >= 4 is 22.5 Å². The molecular formula is C26H23N3O4. The third kappa shape index (κ3) is 4.13. The summed E-state index contributed by atoms with van der Waals surface area (Å²) in [6.45, 7) is 7.64. The molecule has 2 aromatic carbocycles. The lowest BCUT2D eigenvalue weighted by molar-refractivity contribution is 0.0469. The van der Waals surface area contributed by atoms with Gasteiger partial charge in [0.15, 0.2) is 12.3 Å². The minimum absolute atomic E-state index is 0.0287. The number of hydrogen-bond donors (Lipinski definition) is 0. The lowest BCUT2D eigenvalue weighted by Crippen LogP contribution is -2.26. The molecule has 2 aromatic heterocycles. The number of fused-ring (bicyclic) bond motifs is 1. The number of allylic oxidation sites excluding steroid dienone is 1. The third-order valence-corrected chi connectivity index (χ3v) is 5.52. The van der Waals surface area contributed by atoms with E-state index in [4.69, 9.17) is 4.74 Å². The Hall–Kier alpha value is -4.26. The summed E-state index contributed by atoms with van der Waals surface area (Å²) in [6.07, 6.45) is 1.76. The molecule has 33 heavy (non-hydrogen) atoms. The summed E-state index contributed by atoms with van der Waals surface area (Å²) < 4.78 is 8.49. The van der Waals surface area contributed by atoms with Crippen molar-refractivity contribution in [2.24, 2.45) is 0 Å². The average molecular weight is 441 g/mol. The monoisotopic (exact) mass is 441 g/mol. The fourth-order valence-corrected chi connectivity index (χ4v) is 3.86. The van der Waals surface area contributed by atoms with E-state index in [9.17, 15) is 14.4 Å². The molecule has 0 bridgehead atoms. The van der Waals surface area contributed by atoms with Crippen LogP contribution in [0.1, 0.15) is 32.2 Å². The van der Waals surface area contributed by atoms with Crippen molar-refractivity contribution in [2.75, 3.05) is 6.61 Å². The molecule has 0 spiro atoms. The topological polar surface area (TPSA) is 83.2 Å². The number of benzene rings is 2. The van der Waals surface area contributed by atoms with Crippen molar-refractivity contribution in [1.29, 1.82) is 0 Å². The van der Waals surface area contributed by atoms with E-state index in [0.29, 0.717) is 28.6 Å². The van der Waals surface area contributed by atoms with Crippen LogP contribution in [-0.2, 0) is 11.3 Å². The van der Waals surface area contributed by atoms with Crippen LogP contribution >= 0.6 is 0 Å². The summed E-state index contributed by atoms with van der Waals surface area (Å²) in [5.41, 5.74) is 2.35. The number of hydrogen-bond acceptors (Lipinski definition) is 5. The number of para-hydroxylation sites is 1. The Bertz CT molecular complexity index is 1430. The Balaban J connectivity index is 1.66. The molecule has 0 aliphatic carbocycles. The Morgan fingerprint density at radius 3 is 2.39 bits per heavy atom. The first-order valence-electron chi connectivity index (χ1n) is 10.5. The van der Waals surface area contributed by atoms with Gasteiger partial charge in [0.05, 0.1) is 11.1 Å². The number of carbonyl (C=O) groups excluding carboxylic acids is 2. The van der Waals surface area contributed by atoms with E-state index in [1.54, 1.807) is 60.7 Å². The van der Waals surface area contributed by atoms with Crippen LogP contribution in [0, 0.1) is 13.8 Å². The summed E-state index contributed by atoms with van der Waals surface area (Å²) in [5, 5.41) is 4.99. The molecule has 0 radical (unpaired) electrons. The standard InChI is InChI=1S/C26H23N3O4/c1-4-14-28-17(2)15-22(18(28)3)23(30)16-33-26(32)24-20-12-8-9-13-21(20)25(31)29(27-24)19-10-6-5-7-11-19/h4-13,15H,1,14,16H2,2-3H3. The van der Waals surface area contributed by atoms with Gasteiger partial charge in [-0.2, -0.15) is 9.78 Å². The fraction of sp³-hybridized carbons (Fsp3) is 0.154. The molecule has 0 amide bonds. The highest BCUT2D eigenvalue weighted by molar-refractivity contribution is 6.04. The van der Waals surface area contributed by atoms with Crippen molar-refractivity contribution in [3.63, 3.8) is 0 Å². The molecule has 0 aliphatic heterocycles. The molecule has 7 heteroatoms. The summed E-state index contributed by atoms with van der Waals surface area (Å²) >= 11 is 0. The highest BCUT2D eigenvalue weighted by Crippen LogP contribution is 2.18. The highest BCUT2D eigenvalue weighted by Gasteiger charge is 2.21. The molecule has 4 aromatic rings. The van der Waals surface area contributed by atoms with Crippen LogP contribution in [0.5, 0.6) is 0 Å². The molecule has 0 unspecified atom stereocenters. The van der Waals surface area contributed by atoms with Gasteiger partial charge in [0.2, 0.25) is 5.78 Å². The van der Waals surface area contributed by atoms with E-state index in [0.717, 1.165) is 11.4 Å². The molecule has 2 heterocycles. The number of ether oxygens (including phenoxy) is 1. The van der Waals surface area contributed by atoms with Gasteiger partial charge < -0.3 is 9.30 Å². The van der Waals surface area contributed by atoms with Gasteiger partial charge in [0, 0.05) is 28.9 Å². The SMILES string of the molecule is C=CCn1c(C)cc(C(=O)COC(=O)c2nn(-c3ccccc3)c(=O)c3ccccc23)c1C. The van der Waals surface area contributed by atoms with Gasteiger partial charge in [0.25, 0.3) is 5.56 Å². The Labute approximate surface area is 190 Å². The number of nitrogens with zero attached hydrogens (tertiary/aromatic N) is 3. The van der Waals surface area contributed by atoms with Crippen LogP contribution in [0.4, 0.5) is 0 Å². The summed E-state index contributed by atoms with van der Waals surface area (Å²) in [6, 6.07) is 17.3. The largest absolute Gasteiger partial charge is 0.452 e. The van der Waals surface area contributed by atoms with Crippen LogP contribution in [0.15, 0.2) is 78.1 Å². The van der Waals surface area contributed by atoms with Crippen LogP contribution in [-0.4, -0.2) is 32.7 Å². The summed E-state index contributed by atoms with van der Waals surface area (Å²) in [7, 11) is 0. The van der Waals surface area contributed by atoms with Crippen molar-refractivity contribution < 1.29 is 14.3 Å². The molecule has 7 nitrogen and oxygen atoms in total. The van der Waals surface area contributed by atoms with Gasteiger partial charge in [-0.3, -0.25) is 9.59 Å². The maximum Gasteiger partial charge on any atom is 0.359 e. The molecule has 0 aliphatic rings. The van der Waals surface area contributed by atoms with E-state index in [-0.39, 0.29) is 17.0 Å². The smallest absolute Gasteiger partial charge is 0.359 e. The second-order valence-electron chi connectivity index (χ2n) is 7.63. The third-order valence-electron chi connectivity index (χ3n) is 5.52. The van der Waals surface area contributed by atoms with E-state index in [2.05, 4.69) is 11.7 Å². The molecular weight excluding hydrogens is 418 g/mol. The van der Waals surface area contributed by atoms with Crippen molar-refractivity contribution in [3.8, 4) is 5.69 Å². The molecule has 0 saturated heterocycles. The van der Waals surface area contributed by atoms with E-state index in [1.807, 2.05) is 24.5 Å². The van der Waals surface area contributed by atoms with Crippen molar-refractivity contribution in [3.05, 3.63) is 106 Å². The second-order valence-corrected chi connectivity index (χ2v) is 7.63. The van der Waals surface area contributed by atoms with Crippen LogP contribution in [0.3, 0.4) is 0 Å². The number of carbonyl (C=O) groups is 2. The normalized spacial score (nSPS) is 10.8. The van der Waals surface area contributed by atoms with Gasteiger partial charge >= 0.3 is 5.97 Å². The molecule has 0 fully saturated rings. The van der Waals surface area contributed by atoms with Crippen LogP contribution in [0.2, 0.25) is 0 Å². The van der Waals surface area contributed by atoms with Crippen molar-refractivity contribution in [2.45, 2.75) is 20.4 Å². The fourth-order valence-electron chi connectivity index (χ4n) is 3.86. The lowest BCUT2D eigenvalue weighted by Gasteiger charge is -2.11. The van der Waals surface area contributed by atoms with Gasteiger partial charge in [-0.05, 0) is 38.1 Å². The zero-order valence-electron chi connectivity index (χ0n) is 18.4. The predicted octanol–water partition coefficient (Wildman–Crippen LogP) is 4.03. The Morgan fingerprint density at radius 2 is 1.70 bits per heavy atom. The van der Waals surface area contributed by atoms with Crippen LogP contribution < -0.4 is 5.56 Å². The quantitative estimate of drug-likeness (QED) is 0.246. The molecule has 0 atom stereocenters. The number of Topliss-reactive ketones (excluding diaryl/α,β-unsaturated/α-hetero) is 1. The maximum absolute atomic E-state index is 13.0. The number of esters is 1. The molecule has 4 rings (SSSR count). The number of aryl methyl sites for hydroxylation is 1. The first-order chi connectivity index (χ1) is 15.9. The highest BCUT2D eigenvalue weighted by atomic mass is 16.5. The maximum atomic E-state index is 13.0. The molecule has 0 saturated carbocycles. The van der Waals surface area contributed by atoms with Crippen molar-refractivity contribution in [1.82, 2.24) is 14.3 Å².